The first-order valence-corrected chi connectivity index (χ1v) is 8.42. The Labute approximate surface area is 125 Å². The van der Waals surface area contributed by atoms with Gasteiger partial charge in [-0.3, -0.25) is 0 Å². The van der Waals surface area contributed by atoms with E-state index in [-0.39, 0.29) is 0 Å². The fraction of sp³-hybridized carbons (Fsp3) is 0.684. The third kappa shape index (κ3) is 4.94. The van der Waals surface area contributed by atoms with Crippen LogP contribution < -0.4 is 5.32 Å². The van der Waals surface area contributed by atoms with Crippen LogP contribution in [0.5, 0.6) is 0 Å². The van der Waals surface area contributed by atoms with Crippen molar-refractivity contribution >= 4 is 0 Å². The van der Waals surface area contributed by atoms with Gasteiger partial charge in [0.25, 0.3) is 0 Å². The maximum Gasteiger partial charge on any atom is 0.00203 e. The molecule has 0 saturated heterocycles. The summed E-state index contributed by atoms with van der Waals surface area (Å²) in [6.07, 6.45) is 7.17. The average molecular weight is 273 g/mol. The molecule has 0 bridgehead atoms. The highest BCUT2D eigenvalue weighted by molar-refractivity contribution is 5.25. The summed E-state index contributed by atoms with van der Waals surface area (Å²) in [5.41, 5.74) is 2.89. The lowest BCUT2D eigenvalue weighted by Gasteiger charge is -2.22. The first-order valence-electron chi connectivity index (χ1n) is 8.42. The molecule has 1 nitrogen and oxygen atoms in total. The third-order valence-corrected chi connectivity index (χ3v) is 4.58. The van der Waals surface area contributed by atoms with E-state index in [1.165, 1.54) is 43.2 Å². The molecule has 0 radical (unpaired) electrons. The van der Waals surface area contributed by atoms with Crippen molar-refractivity contribution in [2.45, 2.75) is 58.8 Å². The van der Waals surface area contributed by atoms with Crippen LogP contribution in [0.25, 0.3) is 0 Å². The van der Waals surface area contributed by atoms with Gasteiger partial charge in [0.15, 0.2) is 0 Å². The number of benzene rings is 1. The van der Waals surface area contributed by atoms with Gasteiger partial charge in [0.1, 0.15) is 0 Å². The fourth-order valence-corrected chi connectivity index (χ4v) is 3.37. The summed E-state index contributed by atoms with van der Waals surface area (Å²) >= 11 is 0. The van der Waals surface area contributed by atoms with Crippen molar-refractivity contribution in [2.24, 2.45) is 11.8 Å². The minimum atomic E-state index is 0.692. The Morgan fingerprint density at radius 1 is 1.05 bits per heavy atom. The SMILES string of the molecule is Cc1ccc(C(CNCC(C)C)CC2CCCC2)cc1. The lowest BCUT2D eigenvalue weighted by atomic mass is 9.87. The third-order valence-electron chi connectivity index (χ3n) is 4.58. The average Bonchev–Trinajstić information content (AvgIpc) is 2.91. The molecule has 112 valence electrons. The lowest BCUT2D eigenvalue weighted by molar-refractivity contribution is 0.418. The molecule has 0 spiro atoms. The summed E-state index contributed by atoms with van der Waals surface area (Å²) in [7, 11) is 0. The standard InChI is InChI=1S/C19H31N/c1-15(2)13-20-14-19(12-17-6-4-5-7-17)18-10-8-16(3)9-11-18/h8-11,15,17,19-20H,4-7,12-14H2,1-3H3. The van der Waals surface area contributed by atoms with Gasteiger partial charge in [-0.2, -0.15) is 0 Å². The molecule has 1 N–H and O–H groups in total. The zero-order valence-corrected chi connectivity index (χ0v) is 13.5. The zero-order chi connectivity index (χ0) is 14.4. The quantitative estimate of drug-likeness (QED) is 0.744. The highest BCUT2D eigenvalue weighted by Gasteiger charge is 2.21. The molecule has 0 aliphatic heterocycles. The summed E-state index contributed by atoms with van der Waals surface area (Å²) < 4.78 is 0. The number of hydrogen-bond donors (Lipinski definition) is 1. The van der Waals surface area contributed by atoms with E-state index in [0.29, 0.717) is 5.92 Å². The van der Waals surface area contributed by atoms with Gasteiger partial charge in [-0.15, -0.1) is 0 Å². The zero-order valence-electron chi connectivity index (χ0n) is 13.5. The van der Waals surface area contributed by atoms with E-state index in [4.69, 9.17) is 0 Å². The van der Waals surface area contributed by atoms with Crippen LogP contribution in [0.3, 0.4) is 0 Å². The number of aryl methyl sites for hydroxylation is 1. The molecule has 20 heavy (non-hydrogen) atoms. The lowest BCUT2D eigenvalue weighted by Crippen LogP contribution is -2.26. The second-order valence-corrected chi connectivity index (χ2v) is 7.05. The van der Waals surface area contributed by atoms with Crippen molar-refractivity contribution in [1.82, 2.24) is 5.32 Å². The first-order chi connectivity index (χ1) is 9.65. The molecule has 0 aromatic heterocycles. The molecule has 1 aliphatic carbocycles. The maximum absolute atomic E-state index is 3.67. The van der Waals surface area contributed by atoms with Crippen molar-refractivity contribution in [3.63, 3.8) is 0 Å². The van der Waals surface area contributed by atoms with Crippen molar-refractivity contribution in [3.05, 3.63) is 35.4 Å². The van der Waals surface area contributed by atoms with Gasteiger partial charge in [0, 0.05) is 6.54 Å². The molecule has 1 aromatic rings. The van der Waals surface area contributed by atoms with Crippen molar-refractivity contribution in [3.8, 4) is 0 Å². The second kappa shape index (κ2) is 7.83. The van der Waals surface area contributed by atoms with Gasteiger partial charge in [-0.05, 0) is 43.2 Å². The molecule has 0 amide bonds. The van der Waals surface area contributed by atoms with Gasteiger partial charge < -0.3 is 5.32 Å². The Hall–Kier alpha value is -0.820. The van der Waals surface area contributed by atoms with Crippen molar-refractivity contribution < 1.29 is 0 Å². The molecule has 1 saturated carbocycles. The molecule has 1 atom stereocenters. The van der Waals surface area contributed by atoms with E-state index in [0.717, 1.165) is 24.9 Å². The van der Waals surface area contributed by atoms with E-state index in [2.05, 4.69) is 50.4 Å². The predicted octanol–water partition coefficient (Wildman–Crippen LogP) is 4.90. The summed E-state index contributed by atoms with van der Waals surface area (Å²) in [4.78, 5) is 0. The van der Waals surface area contributed by atoms with Crippen LogP contribution in [0.15, 0.2) is 24.3 Å². The molecular weight excluding hydrogens is 242 g/mol. The normalized spacial score (nSPS) is 17.8. The fourth-order valence-electron chi connectivity index (χ4n) is 3.37. The molecule has 0 heterocycles. The second-order valence-electron chi connectivity index (χ2n) is 7.05. The topological polar surface area (TPSA) is 12.0 Å². The minimum absolute atomic E-state index is 0.692. The van der Waals surface area contributed by atoms with Gasteiger partial charge in [0.2, 0.25) is 0 Å². The van der Waals surface area contributed by atoms with Crippen LogP contribution in [-0.2, 0) is 0 Å². The van der Waals surface area contributed by atoms with E-state index >= 15 is 0 Å². The molecule has 1 fully saturated rings. The van der Waals surface area contributed by atoms with E-state index < -0.39 is 0 Å². The van der Waals surface area contributed by atoms with Crippen LogP contribution in [-0.4, -0.2) is 13.1 Å². The molecule has 1 aromatic carbocycles. The molecule has 2 rings (SSSR count). The molecule has 1 aliphatic rings. The van der Waals surface area contributed by atoms with Gasteiger partial charge in [-0.25, -0.2) is 0 Å². The predicted molar refractivity (Wildman–Crippen MR) is 88.2 cm³/mol. The van der Waals surface area contributed by atoms with Crippen LogP contribution in [0.1, 0.15) is 63.0 Å². The van der Waals surface area contributed by atoms with Crippen LogP contribution in [0.2, 0.25) is 0 Å². The van der Waals surface area contributed by atoms with E-state index in [9.17, 15) is 0 Å². The van der Waals surface area contributed by atoms with E-state index in [1.54, 1.807) is 0 Å². The molecular formula is C19H31N. The summed E-state index contributed by atoms with van der Waals surface area (Å²) in [6.45, 7) is 9.01. The number of nitrogens with one attached hydrogen (secondary N) is 1. The summed E-state index contributed by atoms with van der Waals surface area (Å²) in [5.74, 6) is 2.39. The van der Waals surface area contributed by atoms with Crippen molar-refractivity contribution in [2.75, 3.05) is 13.1 Å². The van der Waals surface area contributed by atoms with Crippen LogP contribution in [0.4, 0.5) is 0 Å². The number of hydrogen-bond acceptors (Lipinski definition) is 1. The monoisotopic (exact) mass is 273 g/mol. The maximum atomic E-state index is 3.67. The molecule has 1 unspecified atom stereocenters. The number of rotatable bonds is 7. The van der Waals surface area contributed by atoms with E-state index in [1.807, 2.05) is 0 Å². The first kappa shape index (κ1) is 15.6. The van der Waals surface area contributed by atoms with Crippen LogP contribution in [0, 0.1) is 18.8 Å². The van der Waals surface area contributed by atoms with Gasteiger partial charge in [0.05, 0.1) is 0 Å². The summed E-state index contributed by atoms with van der Waals surface area (Å²) in [6, 6.07) is 9.21. The Morgan fingerprint density at radius 2 is 1.70 bits per heavy atom. The Morgan fingerprint density at radius 3 is 2.30 bits per heavy atom. The Bertz CT molecular complexity index is 373. The Kier molecular flexibility index (Phi) is 6.09. The van der Waals surface area contributed by atoms with Crippen molar-refractivity contribution in [1.29, 1.82) is 0 Å². The largest absolute Gasteiger partial charge is 0.316 e. The highest BCUT2D eigenvalue weighted by atomic mass is 14.9. The highest BCUT2D eigenvalue weighted by Crippen LogP contribution is 2.34. The van der Waals surface area contributed by atoms with Gasteiger partial charge >= 0.3 is 0 Å². The summed E-state index contributed by atoms with van der Waals surface area (Å²) in [5, 5.41) is 3.67. The smallest absolute Gasteiger partial charge is 0.00203 e. The minimum Gasteiger partial charge on any atom is -0.316 e. The Balaban J connectivity index is 1.96. The van der Waals surface area contributed by atoms with Gasteiger partial charge in [-0.1, -0.05) is 69.4 Å². The van der Waals surface area contributed by atoms with Crippen LogP contribution >= 0.6 is 0 Å². The molecule has 1 heteroatoms.